The van der Waals surface area contributed by atoms with Crippen LogP contribution in [-0.2, 0) is 6.54 Å². The summed E-state index contributed by atoms with van der Waals surface area (Å²) in [6.45, 7) is 2.96. The van der Waals surface area contributed by atoms with E-state index in [0.29, 0.717) is 0 Å². The number of halogens is 1. The van der Waals surface area contributed by atoms with Crippen LogP contribution in [0.1, 0.15) is 28.4 Å². The Morgan fingerprint density at radius 1 is 1.17 bits per heavy atom. The van der Waals surface area contributed by atoms with Crippen LogP contribution < -0.4 is 5.32 Å². The number of rotatable bonds is 2. The number of thioether (sulfide) groups is 1. The van der Waals surface area contributed by atoms with Gasteiger partial charge in [0.2, 0.25) is 0 Å². The van der Waals surface area contributed by atoms with E-state index in [1.807, 2.05) is 6.07 Å². The molecule has 1 atom stereocenters. The van der Waals surface area contributed by atoms with Gasteiger partial charge in [-0.3, -0.25) is 0 Å². The molecule has 1 N–H and O–H groups in total. The highest BCUT2D eigenvalue weighted by Gasteiger charge is 2.24. The second-order valence-corrected chi connectivity index (χ2v) is 7.43. The molecule has 3 aromatic rings. The minimum atomic E-state index is 0.168. The van der Waals surface area contributed by atoms with E-state index in [2.05, 4.69) is 71.7 Å². The number of benzene rings is 2. The first-order chi connectivity index (χ1) is 11.7. The quantitative estimate of drug-likeness (QED) is 0.624. The molecule has 2 heterocycles. The minimum absolute atomic E-state index is 0.168. The largest absolute Gasteiger partial charge is 0.319 e. The van der Waals surface area contributed by atoms with Crippen LogP contribution in [0.3, 0.4) is 0 Å². The predicted octanol–water partition coefficient (Wildman–Crippen LogP) is 5.35. The van der Waals surface area contributed by atoms with Gasteiger partial charge in [0.05, 0.1) is 11.7 Å². The highest BCUT2D eigenvalue weighted by Crippen LogP contribution is 2.33. The van der Waals surface area contributed by atoms with E-state index in [9.17, 15) is 0 Å². The van der Waals surface area contributed by atoms with Crippen molar-refractivity contribution in [2.24, 2.45) is 0 Å². The van der Waals surface area contributed by atoms with Crippen LogP contribution in [0.4, 0.5) is 0 Å². The summed E-state index contributed by atoms with van der Waals surface area (Å²) in [6, 6.07) is 17.4. The van der Waals surface area contributed by atoms with Crippen molar-refractivity contribution in [2.45, 2.75) is 24.4 Å². The standard InChI is InChI=1S/C20H19ClN2S/c1-13-10-15(21)11-19-17(13)12-22-20(18-4-3-9-23(18)19)14-5-7-16(24-2)8-6-14/h3-11,20,22H,12H2,1-2H3. The summed E-state index contributed by atoms with van der Waals surface area (Å²) in [4.78, 5) is 1.29. The molecule has 0 aliphatic carbocycles. The fourth-order valence-corrected chi connectivity index (χ4v) is 4.12. The molecular weight excluding hydrogens is 336 g/mol. The summed E-state index contributed by atoms with van der Waals surface area (Å²) in [6.07, 6.45) is 4.23. The number of hydrogen-bond donors (Lipinski definition) is 1. The summed E-state index contributed by atoms with van der Waals surface area (Å²) in [5.41, 5.74) is 6.23. The van der Waals surface area contributed by atoms with E-state index >= 15 is 0 Å². The van der Waals surface area contributed by atoms with Gasteiger partial charge >= 0.3 is 0 Å². The zero-order chi connectivity index (χ0) is 16.7. The maximum atomic E-state index is 6.32. The van der Waals surface area contributed by atoms with Crippen molar-refractivity contribution < 1.29 is 0 Å². The van der Waals surface area contributed by atoms with E-state index in [4.69, 9.17) is 11.6 Å². The Morgan fingerprint density at radius 3 is 2.71 bits per heavy atom. The Morgan fingerprint density at radius 2 is 1.96 bits per heavy atom. The van der Waals surface area contributed by atoms with Gasteiger partial charge in [-0.2, -0.15) is 0 Å². The monoisotopic (exact) mass is 354 g/mol. The summed E-state index contributed by atoms with van der Waals surface area (Å²) < 4.78 is 2.27. The average molecular weight is 355 g/mol. The first-order valence-electron chi connectivity index (χ1n) is 8.01. The SMILES string of the molecule is CSc1ccc(C2NCc3c(C)cc(Cl)cc3-n3cccc32)cc1. The third-order valence-corrected chi connectivity index (χ3v) is 5.64. The highest BCUT2D eigenvalue weighted by atomic mass is 35.5. The molecule has 1 aromatic heterocycles. The maximum Gasteiger partial charge on any atom is 0.0737 e. The smallest absolute Gasteiger partial charge is 0.0737 e. The Labute approximate surface area is 151 Å². The van der Waals surface area contributed by atoms with Crippen molar-refractivity contribution in [1.29, 1.82) is 0 Å². The van der Waals surface area contributed by atoms with Gasteiger partial charge in [-0.25, -0.2) is 0 Å². The van der Waals surface area contributed by atoms with Gasteiger partial charge in [-0.1, -0.05) is 23.7 Å². The molecule has 0 spiro atoms. The average Bonchev–Trinajstić information content (AvgIpc) is 3.00. The molecule has 0 saturated heterocycles. The van der Waals surface area contributed by atoms with E-state index in [1.54, 1.807) is 11.8 Å². The molecule has 4 rings (SSSR count). The zero-order valence-corrected chi connectivity index (χ0v) is 15.3. The number of fused-ring (bicyclic) bond motifs is 3. The van der Waals surface area contributed by atoms with E-state index in [1.165, 1.54) is 33.0 Å². The van der Waals surface area contributed by atoms with Crippen LogP contribution in [0, 0.1) is 6.92 Å². The molecule has 1 unspecified atom stereocenters. The van der Waals surface area contributed by atoms with Crippen molar-refractivity contribution in [3.63, 3.8) is 0 Å². The van der Waals surface area contributed by atoms with Crippen molar-refractivity contribution in [3.8, 4) is 5.69 Å². The van der Waals surface area contributed by atoms with Crippen LogP contribution in [0.2, 0.25) is 5.02 Å². The Balaban J connectivity index is 1.83. The fraction of sp³-hybridized carbons (Fsp3) is 0.200. The lowest BCUT2D eigenvalue weighted by molar-refractivity contribution is 0.599. The molecule has 0 saturated carbocycles. The summed E-state index contributed by atoms with van der Waals surface area (Å²) in [7, 11) is 0. The molecule has 1 aliphatic heterocycles. The summed E-state index contributed by atoms with van der Waals surface area (Å²) in [5, 5.41) is 4.51. The van der Waals surface area contributed by atoms with E-state index in [0.717, 1.165) is 11.6 Å². The summed E-state index contributed by atoms with van der Waals surface area (Å²) in [5.74, 6) is 0. The Kier molecular flexibility index (Phi) is 4.17. The van der Waals surface area contributed by atoms with Crippen LogP contribution in [-0.4, -0.2) is 10.8 Å². The number of nitrogens with one attached hydrogen (secondary N) is 1. The van der Waals surface area contributed by atoms with Crippen LogP contribution in [0.15, 0.2) is 59.6 Å². The Bertz CT molecular complexity index is 883. The Hall–Kier alpha value is -1.68. The molecule has 1 aliphatic rings. The topological polar surface area (TPSA) is 17.0 Å². The lowest BCUT2D eigenvalue weighted by Gasteiger charge is -2.18. The zero-order valence-electron chi connectivity index (χ0n) is 13.7. The molecule has 0 amide bonds. The molecule has 2 nitrogen and oxygen atoms in total. The first-order valence-corrected chi connectivity index (χ1v) is 9.61. The number of hydrogen-bond acceptors (Lipinski definition) is 2. The number of aromatic nitrogens is 1. The molecule has 122 valence electrons. The number of nitrogens with zero attached hydrogens (tertiary/aromatic N) is 1. The second kappa shape index (κ2) is 6.32. The lowest BCUT2D eigenvalue weighted by Crippen LogP contribution is -2.21. The van der Waals surface area contributed by atoms with Gasteiger partial charge in [0.25, 0.3) is 0 Å². The molecule has 2 aromatic carbocycles. The normalized spacial score (nSPS) is 16.4. The van der Waals surface area contributed by atoms with Gasteiger partial charge in [0.15, 0.2) is 0 Å². The van der Waals surface area contributed by atoms with Gasteiger partial charge in [0.1, 0.15) is 0 Å². The fourth-order valence-electron chi connectivity index (χ4n) is 3.44. The second-order valence-electron chi connectivity index (χ2n) is 6.11. The number of aryl methyl sites for hydroxylation is 1. The van der Waals surface area contributed by atoms with Gasteiger partial charge in [-0.15, -0.1) is 11.8 Å². The molecule has 0 radical (unpaired) electrons. The first kappa shape index (κ1) is 15.8. The van der Waals surface area contributed by atoms with Crippen molar-refractivity contribution in [3.05, 3.63) is 82.1 Å². The molecule has 24 heavy (non-hydrogen) atoms. The van der Waals surface area contributed by atoms with Gasteiger partial charge in [0, 0.05) is 28.4 Å². The van der Waals surface area contributed by atoms with Crippen molar-refractivity contribution in [2.75, 3.05) is 6.26 Å². The lowest BCUT2D eigenvalue weighted by atomic mass is 10.0. The summed E-state index contributed by atoms with van der Waals surface area (Å²) >= 11 is 8.09. The van der Waals surface area contributed by atoms with E-state index in [-0.39, 0.29) is 6.04 Å². The third-order valence-electron chi connectivity index (χ3n) is 4.68. The highest BCUT2D eigenvalue weighted by molar-refractivity contribution is 7.98. The molecule has 0 bridgehead atoms. The van der Waals surface area contributed by atoms with Crippen molar-refractivity contribution >= 4 is 23.4 Å². The van der Waals surface area contributed by atoms with Gasteiger partial charge in [-0.05, 0) is 66.3 Å². The molecular formula is C20H19ClN2S. The van der Waals surface area contributed by atoms with Crippen LogP contribution >= 0.6 is 23.4 Å². The van der Waals surface area contributed by atoms with E-state index < -0.39 is 0 Å². The third kappa shape index (κ3) is 2.67. The van der Waals surface area contributed by atoms with Gasteiger partial charge < -0.3 is 9.88 Å². The minimum Gasteiger partial charge on any atom is -0.319 e. The predicted molar refractivity (Wildman–Crippen MR) is 102 cm³/mol. The van der Waals surface area contributed by atoms with Crippen molar-refractivity contribution in [1.82, 2.24) is 9.88 Å². The molecule has 4 heteroatoms. The van der Waals surface area contributed by atoms with Crippen LogP contribution in [0.5, 0.6) is 0 Å². The van der Waals surface area contributed by atoms with Crippen LogP contribution in [0.25, 0.3) is 5.69 Å². The maximum absolute atomic E-state index is 6.32. The molecule has 0 fully saturated rings.